The molecule has 0 amide bonds. The summed E-state index contributed by atoms with van der Waals surface area (Å²) >= 11 is 0. The maximum atomic E-state index is 13.1. The van der Waals surface area contributed by atoms with Crippen molar-refractivity contribution < 1.29 is 23.0 Å². The molecule has 1 aliphatic heterocycles. The standard InChI is InChI=1S/C25H44F3NO2/c1-19-16-24(30)12-14-29(19)13-3-2-4-15-31-18-20-8-10-21(11-9-20)22-6-5-7-23(17-22)25(26,27)28/h19-24,30H,2-18H2,1H3. The Hall–Kier alpha value is -0.330. The van der Waals surface area contributed by atoms with Gasteiger partial charge in [-0.2, -0.15) is 13.2 Å². The maximum Gasteiger partial charge on any atom is 0.391 e. The third-order valence-electron chi connectivity index (χ3n) is 8.31. The van der Waals surface area contributed by atoms with E-state index in [1.54, 1.807) is 0 Å². The van der Waals surface area contributed by atoms with Crippen LogP contribution in [0.2, 0.25) is 0 Å². The minimum absolute atomic E-state index is 0.116. The molecule has 0 spiro atoms. The van der Waals surface area contributed by atoms with E-state index in [1.165, 1.54) is 12.8 Å². The zero-order valence-corrected chi connectivity index (χ0v) is 19.4. The van der Waals surface area contributed by atoms with Gasteiger partial charge in [0, 0.05) is 25.8 Å². The van der Waals surface area contributed by atoms with Crippen LogP contribution in [0, 0.1) is 23.7 Å². The van der Waals surface area contributed by atoms with E-state index < -0.39 is 12.1 Å². The lowest BCUT2D eigenvalue weighted by atomic mass is 9.68. The van der Waals surface area contributed by atoms with Crippen molar-refractivity contribution >= 4 is 0 Å². The van der Waals surface area contributed by atoms with E-state index in [1.807, 2.05) is 0 Å². The predicted octanol–water partition coefficient (Wildman–Crippen LogP) is 6.19. The molecule has 0 bridgehead atoms. The Morgan fingerprint density at radius 2 is 1.68 bits per heavy atom. The molecule has 6 heteroatoms. The SMILES string of the molecule is CC1CC(O)CCN1CCCCCOCC1CCC(C2CCCC(C(F)(F)F)C2)CC1. The first kappa shape index (κ1) is 25.3. The molecule has 0 radical (unpaired) electrons. The van der Waals surface area contributed by atoms with Crippen LogP contribution in [0.3, 0.4) is 0 Å². The molecule has 31 heavy (non-hydrogen) atoms. The highest BCUT2D eigenvalue weighted by molar-refractivity contribution is 4.84. The van der Waals surface area contributed by atoms with Gasteiger partial charge in [0.1, 0.15) is 0 Å². The number of hydrogen-bond donors (Lipinski definition) is 1. The molecule has 3 rings (SSSR count). The monoisotopic (exact) mass is 447 g/mol. The van der Waals surface area contributed by atoms with Crippen LogP contribution in [0.25, 0.3) is 0 Å². The Bertz CT molecular complexity index is 507. The highest BCUT2D eigenvalue weighted by Gasteiger charge is 2.43. The molecule has 0 aromatic heterocycles. The zero-order chi connectivity index (χ0) is 22.3. The lowest BCUT2D eigenvalue weighted by molar-refractivity contribution is -0.187. The quantitative estimate of drug-likeness (QED) is 0.428. The summed E-state index contributed by atoms with van der Waals surface area (Å²) in [5, 5.41) is 9.71. The van der Waals surface area contributed by atoms with Gasteiger partial charge < -0.3 is 14.7 Å². The topological polar surface area (TPSA) is 32.7 Å². The number of piperidine rings is 1. The van der Waals surface area contributed by atoms with Gasteiger partial charge in [0.25, 0.3) is 0 Å². The first-order valence-corrected chi connectivity index (χ1v) is 12.9. The smallest absolute Gasteiger partial charge is 0.391 e. The minimum atomic E-state index is -4.00. The van der Waals surface area contributed by atoms with Gasteiger partial charge in [-0.1, -0.05) is 12.8 Å². The number of unbranched alkanes of at least 4 members (excludes halogenated alkanes) is 2. The Morgan fingerprint density at radius 3 is 2.39 bits per heavy atom. The molecule has 1 saturated heterocycles. The molecular formula is C25H44F3NO2. The third kappa shape index (κ3) is 8.19. The van der Waals surface area contributed by atoms with Crippen molar-refractivity contribution in [1.82, 2.24) is 4.90 Å². The van der Waals surface area contributed by atoms with Crippen LogP contribution in [0.4, 0.5) is 13.2 Å². The maximum absolute atomic E-state index is 13.1. The number of hydrogen-bond acceptors (Lipinski definition) is 3. The molecule has 4 atom stereocenters. The minimum Gasteiger partial charge on any atom is -0.393 e. The van der Waals surface area contributed by atoms with Gasteiger partial charge in [-0.3, -0.25) is 0 Å². The van der Waals surface area contributed by atoms with E-state index in [0.717, 1.165) is 84.1 Å². The summed E-state index contributed by atoms with van der Waals surface area (Å²) in [7, 11) is 0. The van der Waals surface area contributed by atoms with Crippen LogP contribution in [0.1, 0.15) is 90.4 Å². The van der Waals surface area contributed by atoms with Gasteiger partial charge in [-0.15, -0.1) is 0 Å². The first-order valence-electron chi connectivity index (χ1n) is 12.9. The average molecular weight is 448 g/mol. The van der Waals surface area contributed by atoms with Crippen LogP contribution in [-0.2, 0) is 4.74 Å². The number of aliphatic hydroxyl groups excluding tert-OH is 1. The van der Waals surface area contributed by atoms with E-state index in [9.17, 15) is 18.3 Å². The van der Waals surface area contributed by atoms with Crippen LogP contribution in [0.5, 0.6) is 0 Å². The lowest BCUT2D eigenvalue weighted by Crippen LogP contribution is -2.42. The van der Waals surface area contributed by atoms with Crippen molar-refractivity contribution in [2.75, 3.05) is 26.3 Å². The predicted molar refractivity (Wildman–Crippen MR) is 118 cm³/mol. The van der Waals surface area contributed by atoms with Gasteiger partial charge in [0.05, 0.1) is 12.0 Å². The zero-order valence-electron chi connectivity index (χ0n) is 19.4. The number of alkyl halides is 3. The normalized spacial score (nSPS) is 35.9. The van der Waals surface area contributed by atoms with Crippen molar-refractivity contribution in [1.29, 1.82) is 0 Å². The number of nitrogens with zero attached hydrogens (tertiary/aromatic N) is 1. The van der Waals surface area contributed by atoms with Gasteiger partial charge in [0.2, 0.25) is 0 Å². The Kier molecular flexibility index (Phi) is 9.97. The average Bonchev–Trinajstić information content (AvgIpc) is 2.74. The number of halogens is 3. The van der Waals surface area contributed by atoms with Gasteiger partial charge in [-0.05, 0) is 102 Å². The first-order chi connectivity index (χ1) is 14.8. The Balaban J connectivity index is 1.20. The number of likely N-dealkylation sites (tertiary alicyclic amines) is 1. The molecule has 3 nitrogen and oxygen atoms in total. The van der Waals surface area contributed by atoms with Crippen molar-refractivity contribution in [3.8, 4) is 0 Å². The second-order valence-corrected chi connectivity index (χ2v) is 10.6. The van der Waals surface area contributed by atoms with Crippen molar-refractivity contribution in [3.63, 3.8) is 0 Å². The second kappa shape index (κ2) is 12.2. The molecule has 3 aliphatic rings. The van der Waals surface area contributed by atoms with E-state index in [0.29, 0.717) is 30.7 Å². The summed E-state index contributed by atoms with van der Waals surface area (Å²) in [6.07, 6.45) is 8.02. The summed E-state index contributed by atoms with van der Waals surface area (Å²) < 4.78 is 45.2. The fourth-order valence-corrected chi connectivity index (χ4v) is 6.25. The molecule has 1 N–H and O–H groups in total. The number of rotatable bonds is 9. The Morgan fingerprint density at radius 1 is 0.903 bits per heavy atom. The van der Waals surface area contributed by atoms with E-state index in [2.05, 4.69) is 11.8 Å². The molecule has 0 aromatic rings. The van der Waals surface area contributed by atoms with Crippen molar-refractivity contribution in [2.24, 2.45) is 23.7 Å². The summed E-state index contributed by atoms with van der Waals surface area (Å²) in [6, 6.07) is 0.489. The van der Waals surface area contributed by atoms with Gasteiger partial charge in [0.15, 0.2) is 0 Å². The van der Waals surface area contributed by atoms with E-state index >= 15 is 0 Å². The molecular weight excluding hydrogens is 403 g/mol. The lowest BCUT2D eigenvalue weighted by Gasteiger charge is -2.38. The molecule has 2 saturated carbocycles. The molecule has 1 heterocycles. The van der Waals surface area contributed by atoms with Crippen LogP contribution in [0.15, 0.2) is 0 Å². The fraction of sp³-hybridized carbons (Fsp3) is 1.00. The highest BCUT2D eigenvalue weighted by Crippen LogP contribution is 2.46. The van der Waals surface area contributed by atoms with E-state index in [-0.39, 0.29) is 12.0 Å². The number of ether oxygens (including phenoxy) is 1. The number of aliphatic hydroxyl groups is 1. The largest absolute Gasteiger partial charge is 0.393 e. The molecule has 182 valence electrons. The summed E-state index contributed by atoms with van der Waals surface area (Å²) in [6.45, 7) is 5.99. The Labute approximate surface area is 187 Å². The van der Waals surface area contributed by atoms with Crippen molar-refractivity contribution in [3.05, 3.63) is 0 Å². The fourth-order valence-electron chi connectivity index (χ4n) is 6.25. The van der Waals surface area contributed by atoms with Crippen LogP contribution >= 0.6 is 0 Å². The highest BCUT2D eigenvalue weighted by atomic mass is 19.4. The molecule has 4 unspecified atom stereocenters. The second-order valence-electron chi connectivity index (χ2n) is 10.6. The molecule has 0 aromatic carbocycles. The van der Waals surface area contributed by atoms with Gasteiger partial charge in [-0.25, -0.2) is 0 Å². The van der Waals surface area contributed by atoms with Crippen LogP contribution in [-0.4, -0.2) is 54.6 Å². The molecule has 3 fully saturated rings. The summed E-state index contributed by atoms with van der Waals surface area (Å²) in [5.74, 6) is 0.323. The molecule has 2 aliphatic carbocycles. The third-order valence-corrected chi connectivity index (χ3v) is 8.31. The summed E-state index contributed by atoms with van der Waals surface area (Å²) in [4.78, 5) is 2.50. The summed E-state index contributed by atoms with van der Waals surface area (Å²) in [5.41, 5.74) is 0. The van der Waals surface area contributed by atoms with Crippen molar-refractivity contribution in [2.45, 2.75) is 109 Å². The van der Waals surface area contributed by atoms with E-state index in [4.69, 9.17) is 4.74 Å². The van der Waals surface area contributed by atoms with Crippen LogP contribution < -0.4 is 0 Å². The van der Waals surface area contributed by atoms with Gasteiger partial charge >= 0.3 is 6.18 Å².